The van der Waals surface area contributed by atoms with Gasteiger partial charge >= 0.3 is 0 Å². The summed E-state index contributed by atoms with van der Waals surface area (Å²) in [6.45, 7) is 1.96. The molecule has 0 aliphatic heterocycles. The maximum absolute atomic E-state index is 11.5. The zero-order chi connectivity index (χ0) is 13.0. The summed E-state index contributed by atoms with van der Waals surface area (Å²) in [5.41, 5.74) is 2.25. The zero-order valence-corrected chi connectivity index (χ0v) is 10.4. The molecule has 1 atom stereocenters. The van der Waals surface area contributed by atoms with Gasteiger partial charge in [0, 0.05) is 30.1 Å². The van der Waals surface area contributed by atoms with Crippen LogP contribution in [-0.4, -0.2) is 28.6 Å². The Hall–Kier alpha value is -1.81. The quantitative estimate of drug-likeness (QED) is 0.750. The summed E-state index contributed by atoms with van der Waals surface area (Å²) in [6, 6.07) is 8.05. The first-order valence-corrected chi connectivity index (χ1v) is 6.16. The molecular formula is C14H18N2O2. The summed E-state index contributed by atoms with van der Waals surface area (Å²) in [4.78, 5) is 14.7. The van der Waals surface area contributed by atoms with Crippen LogP contribution in [0.1, 0.15) is 18.9 Å². The van der Waals surface area contributed by atoms with Crippen LogP contribution in [0.15, 0.2) is 30.5 Å². The van der Waals surface area contributed by atoms with Gasteiger partial charge in [0.05, 0.1) is 6.10 Å². The van der Waals surface area contributed by atoms with Crippen molar-refractivity contribution in [3.63, 3.8) is 0 Å². The third kappa shape index (κ3) is 3.11. The molecular weight excluding hydrogens is 228 g/mol. The number of carbonyl (C=O) groups excluding carboxylic acids is 1. The van der Waals surface area contributed by atoms with Gasteiger partial charge in [-0.3, -0.25) is 4.79 Å². The van der Waals surface area contributed by atoms with Crippen LogP contribution in [0.2, 0.25) is 0 Å². The fourth-order valence-corrected chi connectivity index (χ4v) is 1.94. The number of H-pyrrole nitrogens is 1. The number of fused-ring (bicyclic) bond motifs is 1. The molecule has 0 spiro atoms. The second-order valence-electron chi connectivity index (χ2n) is 4.51. The number of aliphatic hydroxyl groups is 1. The number of aryl methyl sites for hydroxylation is 1. The third-order valence-corrected chi connectivity index (χ3v) is 2.89. The topological polar surface area (TPSA) is 65.1 Å². The van der Waals surface area contributed by atoms with E-state index in [0.717, 1.165) is 11.1 Å². The molecule has 0 saturated heterocycles. The molecule has 96 valence electrons. The predicted octanol–water partition coefficient (Wildman–Crippen LogP) is 1.60. The molecule has 4 nitrogen and oxygen atoms in total. The predicted molar refractivity (Wildman–Crippen MR) is 71.3 cm³/mol. The van der Waals surface area contributed by atoms with Crippen molar-refractivity contribution in [3.05, 3.63) is 36.0 Å². The molecule has 0 radical (unpaired) electrons. The van der Waals surface area contributed by atoms with E-state index in [1.54, 1.807) is 6.92 Å². The zero-order valence-electron chi connectivity index (χ0n) is 10.4. The van der Waals surface area contributed by atoms with E-state index in [2.05, 4.69) is 16.4 Å². The molecule has 0 bridgehead atoms. The molecule has 0 unspecified atom stereocenters. The molecule has 1 amide bonds. The van der Waals surface area contributed by atoms with Crippen molar-refractivity contribution in [1.29, 1.82) is 0 Å². The van der Waals surface area contributed by atoms with Crippen molar-refractivity contribution in [2.75, 3.05) is 6.54 Å². The van der Waals surface area contributed by atoms with Gasteiger partial charge in [-0.2, -0.15) is 0 Å². The van der Waals surface area contributed by atoms with Crippen LogP contribution in [-0.2, 0) is 11.2 Å². The molecule has 1 aromatic carbocycles. The summed E-state index contributed by atoms with van der Waals surface area (Å²) in [5, 5.41) is 12.9. The van der Waals surface area contributed by atoms with Crippen molar-refractivity contribution in [2.24, 2.45) is 0 Å². The summed E-state index contributed by atoms with van der Waals surface area (Å²) in [5.74, 6) is -0.0267. The molecule has 0 saturated carbocycles. The number of aromatic amines is 1. The number of hydrogen-bond donors (Lipinski definition) is 3. The summed E-state index contributed by atoms with van der Waals surface area (Å²) < 4.78 is 0. The number of aliphatic hydroxyl groups excluding tert-OH is 1. The molecule has 1 aromatic heterocycles. The Bertz CT molecular complexity index is 531. The lowest BCUT2D eigenvalue weighted by molar-refractivity contribution is -0.121. The molecule has 0 aliphatic rings. The van der Waals surface area contributed by atoms with Gasteiger partial charge in [-0.1, -0.05) is 18.2 Å². The second kappa shape index (κ2) is 5.69. The van der Waals surface area contributed by atoms with E-state index in [0.29, 0.717) is 19.4 Å². The molecule has 2 rings (SSSR count). The van der Waals surface area contributed by atoms with Crippen molar-refractivity contribution in [1.82, 2.24) is 10.3 Å². The lowest BCUT2D eigenvalue weighted by Crippen LogP contribution is -2.30. The van der Waals surface area contributed by atoms with Gasteiger partial charge in [-0.15, -0.1) is 0 Å². The van der Waals surface area contributed by atoms with Gasteiger partial charge in [0.1, 0.15) is 0 Å². The Kier molecular flexibility index (Phi) is 3.99. The lowest BCUT2D eigenvalue weighted by atomic mass is 10.1. The van der Waals surface area contributed by atoms with Crippen molar-refractivity contribution in [3.8, 4) is 0 Å². The van der Waals surface area contributed by atoms with E-state index in [1.165, 1.54) is 5.39 Å². The van der Waals surface area contributed by atoms with Crippen LogP contribution in [0.5, 0.6) is 0 Å². The van der Waals surface area contributed by atoms with E-state index in [4.69, 9.17) is 5.11 Å². The Morgan fingerprint density at radius 3 is 3.00 bits per heavy atom. The number of aromatic nitrogens is 1. The smallest absolute Gasteiger partial charge is 0.220 e. The van der Waals surface area contributed by atoms with Gasteiger partial charge in [0.15, 0.2) is 0 Å². The number of hydrogen-bond acceptors (Lipinski definition) is 2. The molecule has 1 heterocycles. The van der Waals surface area contributed by atoms with Crippen molar-refractivity contribution >= 4 is 16.8 Å². The second-order valence-corrected chi connectivity index (χ2v) is 4.51. The Labute approximate surface area is 106 Å². The van der Waals surface area contributed by atoms with Crippen LogP contribution in [0.25, 0.3) is 10.9 Å². The van der Waals surface area contributed by atoms with Gasteiger partial charge in [-0.05, 0) is 25.0 Å². The first-order chi connectivity index (χ1) is 8.66. The minimum Gasteiger partial charge on any atom is -0.392 e. The van der Waals surface area contributed by atoms with E-state index >= 15 is 0 Å². The van der Waals surface area contributed by atoms with Crippen LogP contribution in [0, 0.1) is 0 Å². The molecule has 0 aliphatic carbocycles. The van der Waals surface area contributed by atoms with Crippen LogP contribution in [0.3, 0.4) is 0 Å². The maximum Gasteiger partial charge on any atom is 0.220 e. The minimum atomic E-state index is -0.498. The van der Waals surface area contributed by atoms with Crippen LogP contribution >= 0.6 is 0 Å². The summed E-state index contributed by atoms with van der Waals surface area (Å²) in [7, 11) is 0. The third-order valence-electron chi connectivity index (χ3n) is 2.89. The van der Waals surface area contributed by atoms with Crippen LogP contribution in [0.4, 0.5) is 0 Å². The number of benzene rings is 1. The Morgan fingerprint density at radius 2 is 2.22 bits per heavy atom. The van der Waals surface area contributed by atoms with E-state index < -0.39 is 6.10 Å². The average Bonchev–Trinajstić information content (AvgIpc) is 2.77. The van der Waals surface area contributed by atoms with Crippen LogP contribution < -0.4 is 5.32 Å². The molecule has 4 heteroatoms. The maximum atomic E-state index is 11.5. The molecule has 2 aromatic rings. The highest BCUT2D eigenvalue weighted by atomic mass is 16.3. The highest BCUT2D eigenvalue weighted by molar-refractivity contribution is 5.84. The fraction of sp³-hybridized carbons (Fsp3) is 0.357. The summed E-state index contributed by atoms with van der Waals surface area (Å²) >= 11 is 0. The Balaban J connectivity index is 1.92. The number of para-hydroxylation sites is 1. The first-order valence-electron chi connectivity index (χ1n) is 6.16. The van der Waals surface area contributed by atoms with E-state index in [-0.39, 0.29) is 5.91 Å². The summed E-state index contributed by atoms with van der Waals surface area (Å²) in [6.07, 6.45) is 2.60. The molecule has 3 N–H and O–H groups in total. The molecule has 0 fully saturated rings. The monoisotopic (exact) mass is 246 g/mol. The molecule has 18 heavy (non-hydrogen) atoms. The fourth-order valence-electron chi connectivity index (χ4n) is 1.94. The highest BCUT2D eigenvalue weighted by Crippen LogP contribution is 2.18. The van der Waals surface area contributed by atoms with E-state index in [9.17, 15) is 4.79 Å². The average molecular weight is 246 g/mol. The number of carbonyl (C=O) groups is 1. The first kappa shape index (κ1) is 12.6. The van der Waals surface area contributed by atoms with E-state index in [1.807, 2.05) is 24.4 Å². The normalized spacial score (nSPS) is 12.6. The van der Waals surface area contributed by atoms with Gasteiger partial charge in [-0.25, -0.2) is 0 Å². The number of amides is 1. The lowest BCUT2D eigenvalue weighted by Gasteiger charge is -2.06. The van der Waals surface area contributed by atoms with Gasteiger partial charge < -0.3 is 15.4 Å². The SMILES string of the molecule is C[C@@H](O)CNC(=O)CCc1c[nH]c2ccccc12. The van der Waals surface area contributed by atoms with Gasteiger partial charge in [0.25, 0.3) is 0 Å². The van der Waals surface area contributed by atoms with Gasteiger partial charge in [0.2, 0.25) is 5.91 Å². The van der Waals surface area contributed by atoms with Crippen molar-refractivity contribution in [2.45, 2.75) is 25.9 Å². The largest absolute Gasteiger partial charge is 0.392 e. The highest BCUT2D eigenvalue weighted by Gasteiger charge is 2.07. The van der Waals surface area contributed by atoms with Crippen molar-refractivity contribution < 1.29 is 9.90 Å². The minimum absolute atomic E-state index is 0.0267. The standard InChI is InChI=1S/C14H18N2O2/c1-10(17)8-16-14(18)7-6-11-9-15-13-5-3-2-4-12(11)13/h2-5,9-10,15,17H,6-8H2,1H3,(H,16,18)/t10-/m1/s1. The Morgan fingerprint density at radius 1 is 1.44 bits per heavy atom. The number of rotatable bonds is 5. The number of nitrogens with one attached hydrogen (secondary N) is 2.